The van der Waals surface area contributed by atoms with Crippen LogP contribution in [0.25, 0.3) is 5.57 Å². The predicted octanol–water partition coefficient (Wildman–Crippen LogP) is 7.07. The molecule has 0 saturated heterocycles. The summed E-state index contributed by atoms with van der Waals surface area (Å²) in [6.45, 7) is 2.96. The summed E-state index contributed by atoms with van der Waals surface area (Å²) in [5.41, 5.74) is 5.09. The standard InChI is InChI=1S/C30H26Cl2FN3O2/c1-18-14-27-20(4-3-13-36(27)30(38)28-25(32)5-2-6-26(28)33)15-22(18)23-16-21(7-8-24(23)31)29(37)35-17-19-9-11-34-12-10-19/h2,5-12,15-16,18H,3-4,13-14,17H2,1H3,(H,35,37). The SMILES string of the molecule is CC1CC2=C(C=C1c1cc(C(=O)NCc3ccncc3)ccc1Cl)CCCN2C(=O)c1c(F)cccc1Cl. The minimum absolute atomic E-state index is 0.0193. The van der Waals surface area contributed by atoms with Gasteiger partial charge < -0.3 is 10.2 Å². The first-order valence-corrected chi connectivity index (χ1v) is 13.3. The van der Waals surface area contributed by atoms with E-state index < -0.39 is 11.7 Å². The van der Waals surface area contributed by atoms with Crippen molar-refractivity contribution in [3.63, 3.8) is 0 Å². The van der Waals surface area contributed by atoms with E-state index in [1.807, 2.05) is 18.2 Å². The van der Waals surface area contributed by atoms with Crippen LogP contribution < -0.4 is 5.32 Å². The maximum Gasteiger partial charge on any atom is 0.262 e. The molecule has 8 heteroatoms. The van der Waals surface area contributed by atoms with Crippen LogP contribution in [0.1, 0.15) is 58.0 Å². The Morgan fingerprint density at radius 1 is 1.11 bits per heavy atom. The van der Waals surface area contributed by atoms with Crippen molar-refractivity contribution in [2.75, 3.05) is 6.54 Å². The second-order valence-electron chi connectivity index (χ2n) is 9.57. The molecule has 0 saturated carbocycles. The molecule has 5 nitrogen and oxygen atoms in total. The van der Waals surface area contributed by atoms with Crippen LogP contribution in [0.3, 0.4) is 0 Å². The molecule has 2 aromatic carbocycles. The molecule has 0 fully saturated rings. The van der Waals surface area contributed by atoms with Crippen LogP contribution in [0, 0.1) is 11.7 Å². The Morgan fingerprint density at radius 3 is 2.66 bits per heavy atom. The van der Waals surface area contributed by atoms with E-state index in [0.29, 0.717) is 30.1 Å². The third kappa shape index (κ3) is 5.24. The molecule has 38 heavy (non-hydrogen) atoms. The molecule has 3 aromatic rings. The fourth-order valence-corrected chi connectivity index (χ4v) is 5.55. The van der Waals surface area contributed by atoms with Crippen LogP contribution in [0.4, 0.5) is 4.39 Å². The zero-order valence-corrected chi connectivity index (χ0v) is 22.3. The molecule has 2 heterocycles. The van der Waals surface area contributed by atoms with Crippen LogP contribution in [0.2, 0.25) is 10.0 Å². The number of benzene rings is 2. The Balaban J connectivity index is 1.43. The first-order valence-electron chi connectivity index (χ1n) is 12.5. The molecular weight excluding hydrogens is 524 g/mol. The van der Waals surface area contributed by atoms with Crippen molar-refractivity contribution in [2.45, 2.75) is 32.7 Å². The normalized spacial score (nSPS) is 17.1. The van der Waals surface area contributed by atoms with Gasteiger partial charge in [-0.05, 0) is 89.9 Å². The van der Waals surface area contributed by atoms with Gasteiger partial charge in [0.2, 0.25) is 0 Å². The summed E-state index contributed by atoms with van der Waals surface area (Å²) in [4.78, 5) is 31.9. The van der Waals surface area contributed by atoms with Crippen molar-refractivity contribution < 1.29 is 14.0 Å². The topological polar surface area (TPSA) is 62.3 Å². The highest BCUT2D eigenvalue weighted by Gasteiger charge is 2.33. The fourth-order valence-electron chi connectivity index (χ4n) is 5.08. The number of pyridine rings is 1. The first-order chi connectivity index (χ1) is 18.3. The molecule has 1 aromatic heterocycles. The van der Waals surface area contributed by atoms with Gasteiger partial charge in [-0.1, -0.05) is 42.3 Å². The number of carbonyl (C=O) groups is 2. The van der Waals surface area contributed by atoms with Crippen LogP contribution in [-0.4, -0.2) is 28.2 Å². The monoisotopic (exact) mass is 549 g/mol. The van der Waals surface area contributed by atoms with Gasteiger partial charge in [-0.3, -0.25) is 14.6 Å². The summed E-state index contributed by atoms with van der Waals surface area (Å²) in [5.74, 6) is -1.22. The Bertz CT molecular complexity index is 1450. The van der Waals surface area contributed by atoms with E-state index in [9.17, 15) is 14.0 Å². The predicted molar refractivity (Wildman–Crippen MR) is 147 cm³/mol. The lowest BCUT2D eigenvalue weighted by molar-refractivity contribution is 0.0782. The molecule has 2 amide bonds. The van der Waals surface area contributed by atoms with Crippen molar-refractivity contribution in [1.29, 1.82) is 0 Å². The molecule has 1 aliphatic carbocycles. The third-order valence-corrected chi connectivity index (χ3v) is 7.69. The van der Waals surface area contributed by atoms with E-state index in [1.54, 1.807) is 29.4 Å². The van der Waals surface area contributed by atoms with E-state index in [-0.39, 0.29) is 22.4 Å². The van der Waals surface area contributed by atoms with Gasteiger partial charge in [-0.2, -0.15) is 0 Å². The van der Waals surface area contributed by atoms with E-state index in [2.05, 4.69) is 23.3 Å². The van der Waals surface area contributed by atoms with Crippen LogP contribution in [0.15, 0.2) is 78.3 Å². The number of hydrogen-bond donors (Lipinski definition) is 1. The summed E-state index contributed by atoms with van der Waals surface area (Å²) in [5, 5.41) is 3.60. The number of hydrogen-bond acceptors (Lipinski definition) is 3. The van der Waals surface area contributed by atoms with Gasteiger partial charge in [-0.25, -0.2) is 4.39 Å². The third-order valence-electron chi connectivity index (χ3n) is 7.05. The van der Waals surface area contributed by atoms with Crippen LogP contribution >= 0.6 is 23.2 Å². The average Bonchev–Trinajstić information content (AvgIpc) is 2.92. The highest BCUT2D eigenvalue weighted by molar-refractivity contribution is 6.34. The van der Waals surface area contributed by atoms with Crippen LogP contribution in [0.5, 0.6) is 0 Å². The molecule has 1 aliphatic heterocycles. The Hall–Kier alpha value is -3.48. The van der Waals surface area contributed by atoms with E-state index in [4.69, 9.17) is 23.2 Å². The highest BCUT2D eigenvalue weighted by Crippen LogP contribution is 2.42. The maximum atomic E-state index is 14.5. The Morgan fingerprint density at radius 2 is 1.89 bits per heavy atom. The zero-order valence-electron chi connectivity index (χ0n) is 20.8. The largest absolute Gasteiger partial charge is 0.348 e. The number of carbonyl (C=O) groups excluding carboxylic acids is 2. The number of allylic oxidation sites excluding steroid dienone is 4. The van der Waals surface area contributed by atoms with E-state index in [0.717, 1.165) is 40.8 Å². The van der Waals surface area contributed by atoms with Crippen molar-refractivity contribution in [3.8, 4) is 0 Å². The Kier molecular flexibility index (Phi) is 7.63. The molecule has 2 aliphatic rings. The molecule has 0 spiro atoms. The lowest BCUT2D eigenvalue weighted by Crippen LogP contribution is -2.37. The quantitative estimate of drug-likeness (QED) is 0.370. The summed E-state index contributed by atoms with van der Waals surface area (Å²) in [6, 6.07) is 13.3. The minimum atomic E-state index is -0.624. The lowest BCUT2D eigenvalue weighted by atomic mass is 9.80. The number of rotatable bonds is 5. The lowest BCUT2D eigenvalue weighted by Gasteiger charge is -2.37. The molecule has 0 radical (unpaired) electrons. The summed E-state index contributed by atoms with van der Waals surface area (Å²) < 4.78 is 14.5. The number of aromatic nitrogens is 1. The van der Waals surface area contributed by atoms with E-state index in [1.165, 1.54) is 18.2 Å². The summed E-state index contributed by atoms with van der Waals surface area (Å²) >= 11 is 12.8. The zero-order chi connectivity index (χ0) is 26.8. The van der Waals surface area contributed by atoms with Crippen molar-refractivity contribution in [3.05, 3.63) is 116 Å². The Labute approximate surface area is 231 Å². The fraction of sp³-hybridized carbons (Fsp3) is 0.233. The number of nitrogens with one attached hydrogen (secondary N) is 1. The average molecular weight is 550 g/mol. The minimum Gasteiger partial charge on any atom is -0.348 e. The molecule has 194 valence electrons. The van der Waals surface area contributed by atoms with E-state index >= 15 is 0 Å². The molecule has 1 N–H and O–H groups in total. The number of halogens is 3. The molecule has 1 atom stereocenters. The molecule has 1 unspecified atom stereocenters. The van der Waals surface area contributed by atoms with Gasteiger partial charge in [0.25, 0.3) is 11.8 Å². The summed E-state index contributed by atoms with van der Waals surface area (Å²) in [6.07, 6.45) is 7.59. The molecule has 0 bridgehead atoms. The smallest absolute Gasteiger partial charge is 0.262 e. The van der Waals surface area contributed by atoms with Crippen molar-refractivity contribution in [1.82, 2.24) is 15.2 Å². The van der Waals surface area contributed by atoms with Gasteiger partial charge in [0, 0.05) is 41.8 Å². The van der Waals surface area contributed by atoms with Gasteiger partial charge in [0.1, 0.15) is 5.82 Å². The second-order valence-corrected chi connectivity index (χ2v) is 10.4. The maximum absolute atomic E-state index is 14.5. The van der Waals surface area contributed by atoms with Crippen molar-refractivity contribution >= 4 is 40.6 Å². The van der Waals surface area contributed by atoms with Gasteiger partial charge in [-0.15, -0.1) is 0 Å². The van der Waals surface area contributed by atoms with Gasteiger partial charge in [0.05, 0.1) is 10.6 Å². The second kappa shape index (κ2) is 11.1. The van der Waals surface area contributed by atoms with Gasteiger partial charge >= 0.3 is 0 Å². The number of amides is 2. The van der Waals surface area contributed by atoms with Gasteiger partial charge in [0.15, 0.2) is 0 Å². The van der Waals surface area contributed by atoms with Crippen molar-refractivity contribution in [2.24, 2.45) is 5.92 Å². The first kappa shape index (κ1) is 26.1. The molecular formula is C30H26Cl2FN3O2. The molecule has 5 rings (SSSR count). The number of nitrogens with zero attached hydrogens (tertiary/aromatic N) is 2. The van der Waals surface area contributed by atoms with Crippen LogP contribution in [-0.2, 0) is 6.54 Å². The highest BCUT2D eigenvalue weighted by atomic mass is 35.5. The summed E-state index contributed by atoms with van der Waals surface area (Å²) in [7, 11) is 0.